The highest BCUT2D eigenvalue weighted by atomic mass is 32.1. The number of carbonyl (C=O) groups excluding carboxylic acids is 1. The molecule has 1 atom stereocenters. The number of carbonyl (C=O) groups is 1. The fourth-order valence-corrected chi connectivity index (χ4v) is 3.54. The first kappa shape index (κ1) is 18.9. The van der Waals surface area contributed by atoms with Crippen LogP contribution in [0, 0.1) is 0 Å². The summed E-state index contributed by atoms with van der Waals surface area (Å²) in [6, 6.07) is 11.4. The van der Waals surface area contributed by atoms with Gasteiger partial charge in [-0.1, -0.05) is 18.2 Å². The lowest BCUT2D eigenvalue weighted by Gasteiger charge is -2.15. The summed E-state index contributed by atoms with van der Waals surface area (Å²) in [5.74, 6) is -0.454. The van der Waals surface area contributed by atoms with Crippen LogP contribution in [0.3, 0.4) is 0 Å². The number of thiophene rings is 1. The van der Waals surface area contributed by atoms with Crippen molar-refractivity contribution in [3.05, 3.63) is 76.6 Å². The normalized spacial score (nSPS) is 12.0. The Hall–Kier alpha value is -3.46. The van der Waals surface area contributed by atoms with Crippen LogP contribution in [-0.2, 0) is 11.3 Å². The summed E-state index contributed by atoms with van der Waals surface area (Å²) in [5.41, 5.74) is 1.98. The monoisotopic (exact) mass is 409 g/mol. The molecule has 4 rings (SSSR count). The van der Waals surface area contributed by atoms with Crippen molar-refractivity contribution >= 4 is 17.2 Å². The highest BCUT2D eigenvalue weighted by Crippen LogP contribution is 2.21. The van der Waals surface area contributed by atoms with Crippen LogP contribution in [0.15, 0.2) is 69.7 Å². The van der Waals surface area contributed by atoms with Crippen molar-refractivity contribution in [3.63, 3.8) is 0 Å². The zero-order chi connectivity index (χ0) is 20.2. The lowest BCUT2D eigenvalue weighted by molar-refractivity contribution is -0.122. The molecule has 0 aliphatic carbocycles. The molecule has 0 spiro atoms. The molecule has 0 radical (unpaired) electrons. The van der Waals surface area contributed by atoms with E-state index in [0.29, 0.717) is 0 Å². The highest BCUT2D eigenvalue weighted by Gasteiger charge is 2.14. The van der Waals surface area contributed by atoms with E-state index in [0.717, 1.165) is 16.1 Å². The number of aryl methyl sites for hydroxylation is 1. The molecule has 3 heterocycles. The first-order chi connectivity index (χ1) is 14.1. The van der Waals surface area contributed by atoms with Gasteiger partial charge >= 0.3 is 5.76 Å². The second-order valence-corrected chi connectivity index (χ2v) is 7.42. The molecule has 4 aromatic rings. The average molecular weight is 409 g/mol. The molecule has 1 amide bonds. The van der Waals surface area contributed by atoms with Gasteiger partial charge < -0.3 is 14.3 Å². The van der Waals surface area contributed by atoms with E-state index in [1.165, 1.54) is 16.0 Å². The number of nitrogens with one attached hydrogen (secondary N) is 1. The minimum Gasteiger partial charge on any atom is -0.387 e. The summed E-state index contributed by atoms with van der Waals surface area (Å²) in [6.07, 6.45) is 5.46. The third-order valence-corrected chi connectivity index (χ3v) is 5.32. The number of benzene rings is 1. The van der Waals surface area contributed by atoms with Crippen LogP contribution < -0.4 is 11.1 Å². The number of hydrogen-bond donors (Lipinski definition) is 1. The third-order valence-electron chi connectivity index (χ3n) is 4.46. The minimum absolute atomic E-state index is 0.133. The predicted octanol–water partition coefficient (Wildman–Crippen LogP) is 3.02. The van der Waals surface area contributed by atoms with E-state index in [1.807, 2.05) is 59.5 Å². The van der Waals surface area contributed by atoms with Crippen molar-refractivity contribution in [2.24, 2.45) is 0 Å². The van der Waals surface area contributed by atoms with E-state index in [-0.39, 0.29) is 30.8 Å². The third kappa shape index (κ3) is 4.35. The van der Waals surface area contributed by atoms with Gasteiger partial charge in [0, 0.05) is 24.5 Å². The zero-order valence-electron chi connectivity index (χ0n) is 15.7. The summed E-state index contributed by atoms with van der Waals surface area (Å²) in [4.78, 5) is 29.0. The van der Waals surface area contributed by atoms with Gasteiger partial charge in [-0.3, -0.25) is 4.79 Å². The van der Waals surface area contributed by atoms with Gasteiger partial charge in [0.15, 0.2) is 0 Å². The molecule has 3 aromatic heterocycles. The molecular formula is C20H19N5O3S. The largest absolute Gasteiger partial charge is 0.437 e. The Kier molecular flexibility index (Phi) is 5.39. The summed E-state index contributed by atoms with van der Waals surface area (Å²) in [5, 5.41) is 8.98. The molecule has 29 heavy (non-hydrogen) atoms. The average Bonchev–Trinajstić information content (AvgIpc) is 3.48. The van der Waals surface area contributed by atoms with E-state index in [2.05, 4.69) is 15.4 Å². The maximum absolute atomic E-state index is 12.3. The van der Waals surface area contributed by atoms with E-state index in [9.17, 15) is 9.59 Å². The first-order valence-corrected chi connectivity index (χ1v) is 9.97. The predicted molar refractivity (Wildman–Crippen MR) is 109 cm³/mol. The zero-order valence-corrected chi connectivity index (χ0v) is 16.5. The topological polar surface area (TPSA) is 95.0 Å². The number of rotatable bonds is 7. The SMILES string of the molecule is C[C@@H](NC(=O)CCn1nc(-c2cccs2)oc1=O)c1ccc(-n2ccnc2)cc1. The number of hydrogen-bond acceptors (Lipinski definition) is 6. The van der Waals surface area contributed by atoms with Crippen molar-refractivity contribution in [1.29, 1.82) is 0 Å². The van der Waals surface area contributed by atoms with Crippen molar-refractivity contribution in [2.45, 2.75) is 25.9 Å². The molecule has 1 aromatic carbocycles. The van der Waals surface area contributed by atoms with E-state index in [4.69, 9.17) is 4.42 Å². The van der Waals surface area contributed by atoms with Crippen LogP contribution in [0.2, 0.25) is 0 Å². The molecule has 0 aliphatic rings. The molecule has 1 N–H and O–H groups in total. The fourth-order valence-electron chi connectivity index (χ4n) is 2.90. The lowest BCUT2D eigenvalue weighted by atomic mass is 10.1. The molecule has 0 fully saturated rings. The van der Waals surface area contributed by atoms with Crippen LogP contribution in [0.1, 0.15) is 24.9 Å². The Labute approximate surface area is 170 Å². The second kappa shape index (κ2) is 8.27. The first-order valence-electron chi connectivity index (χ1n) is 9.09. The number of aromatic nitrogens is 4. The molecule has 0 aliphatic heterocycles. The summed E-state index contributed by atoms with van der Waals surface area (Å²) < 4.78 is 8.24. The minimum atomic E-state index is -0.565. The highest BCUT2D eigenvalue weighted by molar-refractivity contribution is 7.13. The Morgan fingerprint density at radius 2 is 2.10 bits per heavy atom. The van der Waals surface area contributed by atoms with Gasteiger partial charge in [0.05, 0.1) is 23.8 Å². The molecule has 0 unspecified atom stereocenters. The van der Waals surface area contributed by atoms with Crippen LogP contribution >= 0.6 is 11.3 Å². The van der Waals surface area contributed by atoms with Crippen LogP contribution in [0.5, 0.6) is 0 Å². The van der Waals surface area contributed by atoms with Gasteiger partial charge in [0.25, 0.3) is 5.89 Å². The lowest BCUT2D eigenvalue weighted by Crippen LogP contribution is -2.29. The van der Waals surface area contributed by atoms with Crippen molar-refractivity contribution in [1.82, 2.24) is 24.6 Å². The maximum Gasteiger partial charge on any atom is 0.437 e. The maximum atomic E-state index is 12.3. The van der Waals surface area contributed by atoms with E-state index >= 15 is 0 Å². The summed E-state index contributed by atoms with van der Waals surface area (Å²) in [7, 11) is 0. The Bertz CT molecular complexity index is 1130. The molecular weight excluding hydrogens is 390 g/mol. The standard InChI is InChI=1S/C20H19N5O3S/c1-14(15-4-6-16(7-5-15)24-11-9-21-13-24)22-18(26)8-10-25-20(27)28-19(23-25)17-3-2-12-29-17/h2-7,9,11-14H,8,10H2,1H3,(H,22,26)/t14-/m1/s1. The Morgan fingerprint density at radius 3 is 2.79 bits per heavy atom. The van der Waals surface area contributed by atoms with Crippen molar-refractivity contribution in [2.75, 3.05) is 0 Å². The van der Waals surface area contributed by atoms with E-state index in [1.54, 1.807) is 12.5 Å². The van der Waals surface area contributed by atoms with Crippen molar-refractivity contribution < 1.29 is 9.21 Å². The smallest absolute Gasteiger partial charge is 0.387 e. The number of nitrogens with zero attached hydrogens (tertiary/aromatic N) is 4. The van der Waals surface area contributed by atoms with Gasteiger partial charge in [-0.15, -0.1) is 16.4 Å². The number of imidazole rings is 1. The molecule has 0 saturated carbocycles. The number of amides is 1. The van der Waals surface area contributed by atoms with Gasteiger partial charge in [0.2, 0.25) is 5.91 Å². The van der Waals surface area contributed by atoms with Crippen LogP contribution in [-0.4, -0.2) is 25.2 Å². The fraction of sp³-hybridized carbons (Fsp3) is 0.200. The summed E-state index contributed by atoms with van der Waals surface area (Å²) in [6.45, 7) is 2.08. The Balaban J connectivity index is 1.33. The van der Waals surface area contributed by atoms with Gasteiger partial charge in [-0.05, 0) is 36.1 Å². The molecule has 148 valence electrons. The molecule has 8 nitrogen and oxygen atoms in total. The molecule has 0 saturated heterocycles. The van der Waals surface area contributed by atoms with Gasteiger partial charge in [0.1, 0.15) is 0 Å². The quantitative estimate of drug-likeness (QED) is 0.506. The van der Waals surface area contributed by atoms with Crippen LogP contribution in [0.25, 0.3) is 16.5 Å². The van der Waals surface area contributed by atoms with Crippen LogP contribution in [0.4, 0.5) is 0 Å². The second-order valence-electron chi connectivity index (χ2n) is 6.47. The van der Waals surface area contributed by atoms with Gasteiger partial charge in [-0.25, -0.2) is 9.78 Å². The molecule has 0 bridgehead atoms. The van der Waals surface area contributed by atoms with Crippen molar-refractivity contribution in [3.8, 4) is 16.5 Å². The summed E-state index contributed by atoms with van der Waals surface area (Å²) >= 11 is 1.44. The van der Waals surface area contributed by atoms with E-state index < -0.39 is 5.76 Å². The molecule has 9 heteroatoms. The Morgan fingerprint density at radius 1 is 1.28 bits per heavy atom. The van der Waals surface area contributed by atoms with Gasteiger partial charge in [-0.2, -0.15) is 4.68 Å².